The number of nitro groups is 1. The molecule has 1 fully saturated rings. The first kappa shape index (κ1) is 14.5. The van der Waals surface area contributed by atoms with Crippen LogP contribution in [0.25, 0.3) is 0 Å². The summed E-state index contributed by atoms with van der Waals surface area (Å²) in [5, 5.41) is 21.0. The van der Waals surface area contributed by atoms with E-state index in [0.29, 0.717) is 18.7 Å². The van der Waals surface area contributed by atoms with Crippen LogP contribution < -0.4 is 16.2 Å². The SMILES string of the molecule is CC1(O)CCCN(c2cc(NN)cc([N+](=O)[O-])c2)CC1. The maximum atomic E-state index is 11.0. The van der Waals surface area contributed by atoms with Crippen molar-refractivity contribution in [3.05, 3.63) is 28.3 Å². The van der Waals surface area contributed by atoms with Crippen LogP contribution in [0.4, 0.5) is 17.1 Å². The van der Waals surface area contributed by atoms with E-state index < -0.39 is 10.5 Å². The van der Waals surface area contributed by atoms with Gasteiger partial charge in [-0.05, 0) is 32.3 Å². The van der Waals surface area contributed by atoms with E-state index in [4.69, 9.17) is 5.84 Å². The quantitative estimate of drug-likeness (QED) is 0.441. The van der Waals surface area contributed by atoms with Crippen LogP contribution in [0.15, 0.2) is 18.2 Å². The zero-order chi connectivity index (χ0) is 14.8. The molecular weight excluding hydrogens is 260 g/mol. The van der Waals surface area contributed by atoms with E-state index in [1.807, 2.05) is 6.92 Å². The van der Waals surface area contributed by atoms with Crippen LogP contribution in [0.5, 0.6) is 0 Å². The van der Waals surface area contributed by atoms with Gasteiger partial charge in [0.15, 0.2) is 0 Å². The maximum absolute atomic E-state index is 11.0. The number of nitro benzene ring substituents is 1. The first-order valence-electron chi connectivity index (χ1n) is 6.65. The number of nitrogen functional groups attached to an aromatic ring is 1. The highest BCUT2D eigenvalue weighted by atomic mass is 16.6. The van der Waals surface area contributed by atoms with Crippen molar-refractivity contribution < 1.29 is 10.0 Å². The molecular formula is C13H20N4O3. The number of nitrogens with zero attached hydrogens (tertiary/aromatic N) is 2. The zero-order valence-electron chi connectivity index (χ0n) is 11.5. The molecule has 0 spiro atoms. The van der Waals surface area contributed by atoms with E-state index in [1.54, 1.807) is 12.1 Å². The van der Waals surface area contributed by atoms with Crippen LogP contribution in [-0.4, -0.2) is 28.7 Å². The van der Waals surface area contributed by atoms with Crippen molar-refractivity contribution in [1.82, 2.24) is 0 Å². The number of benzene rings is 1. The highest BCUT2D eigenvalue weighted by molar-refractivity contribution is 5.64. The van der Waals surface area contributed by atoms with Gasteiger partial charge in [0.2, 0.25) is 0 Å². The van der Waals surface area contributed by atoms with Crippen molar-refractivity contribution in [2.24, 2.45) is 5.84 Å². The maximum Gasteiger partial charge on any atom is 0.273 e. The first-order chi connectivity index (χ1) is 9.41. The van der Waals surface area contributed by atoms with Gasteiger partial charge in [-0.25, -0.2) is 0 Å². The lowest BCUT2D eigenvalue weighted by atomic mass is 9.98. The van der Waals surface area contributed by atoms with Crippen molar-refractivity contribution in [3.63, 3.8) is 0 Å². The summed E-state index contributed by atoms with van der Waals surface area (Å²) in [5.74, 6) is 5.36. The van der Waals surface area contributed by atoms with Crippen LogP contribution >= 0.6 is 0 Å². The Bertz CT molecular complexity index is 504. The van der Waals surface area contributed by atoms with Crippen molar-refractivity contribution in [2.75, 3.05) is 23.4 Å². The van der Waals surface area contributed by atoms with E-state index in [2.05, 4.69) is 10.3 Å². The number of hydrogen-bond acceptors (Lipinski definition) is 6. The van der Waals surface area contributed by atoms with Crippen LogP contribution in [0.3, 0.4) is 0 Å². The number of aliphatic hydroxyl groups is 1. The molecule has 0 saturated carbocycles. The molecule has 1 aliphatic rings. The molecule has 1 saturated heterocycles. The fraction of sp³-hybridized carbons (Fsp3) is 0.538. The minimum Gasteiger partial charge on any atom is -0.390 e. The molecule has 1 unspecified atom stereocenters. The van der Waals surface area contributed by atoms with Crippen LogP contribution in [0, 0.1) is 10.1 Å². The highest BCUT2D eigenvalue weighted by Crippen LogP contribution is 2.30. The number of nitrogens with one attached hydrogen (secondary N) is 1. The van der Waals surface area contributed by atoms with E-state index in [1.165, 1.54) is 6.07 Å². The second-order valence-electron chi connectivity index (χ2n) is 5.48. The molecule has 1 heterocycles. The molecule has 20 heavy (non-hydrogen) atoms. The Kier molecular flexibility index (Phi) is 4.10. The molecule has 0 amide bonds. The summed E-state index contributed by atoms with van der Waals surface area (Å²) in [7, 11) is 0. The average molecular weight is 280 g/mol. The van der Waals surface area contributed by atoms with Crippen molar-refractivity contribution in [3.8, 4) is 0 Å². The standard InChI is InChI=1S/C13H20N4O3/c1-13(18)3-2-5-16(6-4-13)11-7-10(15-14)8-12(9-11)17(19)20/h7-9,15,18H,2-6,14H2,1H3. The molecule has 0 radical (unpaired) electrons. The molecule has 0 bridgehead atoms. The topological polar surface area (TPSA) is 105 Å². The Morgan fingerprint density at radius 2 is 2.15 bits per heavy atom. The second kappa shape index (κ2) is 5.64. The summed E-state index contributed by atoms with van der Waals surface area (Å²) >= 11 is 0. The van der Waals surface area contributed by atoms with Crippen molar-refractivity contribution in [1.29, 1.82) is 0 Å². The van der Waals surface area contributed by atoms with Gasteiger partial charge < -0.3 is 15.4 Å². The predicted octanol–water partition coefficient (Wildman–Crippen LogP) is 1.62. The summed E-state index contributed by atoms with van der Waals surface area (Å²) < 4.78 is 0. The van der Waals surface area contributed by atoms with Crippen LogP contribution in [-0.2, 0) is 0 Å². The fourth-order valence-corrected chi connectivity index (χ4v) is 2.49. The van der Waals surface area contributed by atoms with E-state index in [-0.39, 0.29) is 5.69 Å². The van der Waals surface area contributed by atoms with Gasteiger partial charge in [0.05, 0.1) is 16.2 Å². The third kappa shape index (κ3) is 3.37. The molecule has 0 aromatic heterocycles. The number of hydrazine groups is 1. The Morgan fingerprint density at radius 1 is 1.40 bits per heavy atom. The second-order valence-corrected chi connectivity index (χ2v) is 5.48. The van der Waals surface area contributed by atoms with E-state index >= 15 is 0 Å². The van der Waals surface area contributed by atoms with Gasteiger partial charge in [-0.15, -0.1) is 0 Å². The van der Waals surface area contributed by atoms with E-state index in [9.17, 15) is 15.2 Å². The van der Waals surface area contributed by atoms with E-state index in [0.717, 1.165) is 25.1 Å². The monoisotopic (exact) mass is 280 g/mol. The molecule has 1 aliphatic heterocycles. The molecule has 4 N–H and O–H groups in total. The Balaban J connectivity index is 2.27. The zero-order valence-corrected chi connectivity index (χ0v) is 11.5. The Labute approximate surface area is 117 Å². The molecule has 2 rings (SSSR count). The number of anilines is 2. The van der Waals surface area contributed by atoms with Crippen molar-refractivity contribution in [2.45, 2.75) is 31.8 Å². The molecule has 1 aromatic carbocycles. The van der Waals surface area contributed by atoms with Gasteiger partial charge in [-0.3, -0.25) is 16.0 Å². The van der Waals surface area contributed by atoms with Crippen LogP contribution in [0.2, 0.25) is 0 Å². The average Bonchev–Trinajstić information content (AvgIpc) is 2.59. The number of hydrogen-bond donors (Lipinski definition) is 3. The summed E-state index contributed by atoms with van der Waals surface area (Å²) in [5.41, 5.74) is 3.06. The first-order valence-corrected chi connectivity index (χ1v) is 6.65. The summed E-state index contributed by atoms with van der Waals surface area (Å²) in [4.78, 5) is 12.6. The molecule has 1 aromatic rings. The molecule has 7 nitrogen and oxygen atoms in total. The van der Waals surface area contributed by atoms with Gasteiger partial charge in [0.1, 0.15) is 0 Å². The minimum atomic E-state index is -0.662. The highest BCUT2D eigenvalue weighted by Gasteiger charge is 2.25. The lowest BCUT2D eigenvalue weighted by Gasteiger charge is -2.24. The summed E-state index contributed by atoms with van der Waals surface area (Å²) in [6.07, 6.45) is 2.22. The number of rotatable bonds is 3. The summed E-state index contributed by atoms with van der Waals surface area (Å²) in [6, 6.07) is 4.73. The predicted molar refractivity (Wildman–Crippen MR) is 77.6 cm³/mol. The minimum absolute atomic E-state index is 0.00598. The fourth-order valence-electron chi connectivity index (χ4n) is 2.49. The molecule has 0 aliphatic carbocycles. The number of non-ortho nitro benzene ring substituents is 1. The van der Waals surface area contributed by atoms with Gasteiger partial charge in [0.25, 0.3) is 5.69 Å². The molecule has 110 valence electrons. The molecule has 7 heteroatoms. The third-order valence-corrected chi connectivity index (χ3v) is 3.71. The smallest absolute Gasteiger partial charge is 0.273 e. The van der Waals surface area contributed by atoms with Crippen LogP contribution in [0.1, 0.15) is 26.2 Å². The third-order valence-electron chi connectivity index (χ3n) is 3.71. The summed E-state index contributed by atoms with van der Waals surface area (Å²) in [6.45, 7) is 3.26. The van der Waals surface area contributed by atoms with Gasteiger partial charge in [-0.2, -0.15) is 0 Å². The Morgan fingerprint density at radius 3 is 2.80 bits per heavy atom. The number of nitrogens with two attached hydrogens (primary N) is 1. The normalized spacial score (nSPS) is 23.2. The largest absolute Gasteiger partial charge is 0.390 e. The van der Waals surface area contributed by atoms with Gasteiger partial charge in [0, 0.05) is 30.9 Å². The Hall–Kier alpha value is -1.86. The lowest BCUT2D eigenvalue weighted by Crippen LogP contribution is -2.28. The van der Waals surface area contributed by atoms with Gasteiger partial charge in [-0.1, -0.05) is 0 Å². The van der Waals surface area contributed by atoms with Gasteiger partial charge >= 0.3 is 0 Å². The lowest BCUT2D eigenvalue weighted by molar-refractivity contribution is -0.384. The molecule has 1 atom stereocenters. The van der Waals surface area contributed by atoms with Crippen molar-refractivity contribution >= 4 is 17.1 Å².